The number of nitrogens with one attached hydrogen (secondary N) is 1. The van der Waals surface area contributed by atoms with Gasteiger partial charge >= 0.3 is 0 Å². The fourth-order valence-corrected chi connectivity index (χ4v) is 2.46. The summed E-state index contributed by atoms with van der Waals surface area (Å²) in [7, 11) is 0. The quantitative estimate of drug-likeness (QED) is 0.728. The van der Waals surface area contributed by atoms with Gasteiger partial charge in [-0.3, -0.25) is 4.90 Å². The molecule has 3 nitrogen and oxygen atoms in total. The van der Waals surface area contributed by atoms with Crippen LogP contribution >= 0.6 is 23.2 Å². The summed E-state index contributed by atoms with van der Waals surface area (Å²) in [5.74, 6) is 0. The third-order valence-corrected chi connectivity index (χ3v) is 3.98. The lowest BCUT2D eigenvalue weighted by atomic mass is 10.2. The fraction of sp³-hybridized carbons (Fsp3) is 0.571. The number of halogens is 3. The van der Waals surface area contributed by atoms with Crippen LogP contribution in [-0.4, -0.2) is 44.3 Å². The maximum Gasteiger partial charge on any atom is 0.0595 e. The standard InChI is InChI=1S/C14H20Cl2N2O.ClH/c15-13-3-2-12(10-14(13)16)11-17-4-1-5-18-6-8-19-9-7-18;/h2-3,10,17H,1,4-9,11H2;1H/p-1. The molecule has 0 saturated carbocycles. The Kier molecular flexibility index (Phi) is 8.85. The van der Waals surface area contributed by atoms with Crippen LogP contribution in [0.2, 0.25) is 10.0 Å². The molecule has 0 radical (unpaired) electrons. The predicted molar refractivity (Wildman–Crippen MR) is 80.0 cm³/mol. The molecule has 1 fully saturated rings. The van der Waals surface area contributed by atoms with Crippen LogP contribution in [0.4, 0.5) is 0 Å². The SMILES string of the molecule is Clc1ccc(CNCCCN2CCOCC2)cc1Cl.[Cl-]. The Morgan fingerprint density at radius 3 is 2.60 bits per heavy atom. The van der Waals surface area contributed by atoms with E-state index in [0.717, 1.165) is 52.4 Å². The molecular formula is C14H20Cl3N2O-. The Labute approximate surface area is 137 Å². The average Bonchev–Trinajstić information content (AvgIpc) is 2.43. The fourth-order valence-electron chi connectivity index (χ4n) is 2.13. The van der Waals surface area contributed by atoms with E-state index < -0.39 is 0 Å². The van der Waals surface area contributed by atoms with Crippen LogP contribution in [0, 0.1) is 0 Å². The van der Waals surface area contributed by atoms with Crippen molar-refractivity contribution in [1.29, 1.82) is 0 Å². The number of benzene rings is 1. The monoisotopic (exact) mass is 337 g/mol. The summed E-state index contributed by atoms with van der Waals surface area (Å²) in [6.45, 7) is 6.85. The van der Waals surface area contributed by atoms with Crippen LogP contribution in [-0.2, 0) is 11.3 Å². The highest BCUT2D eigenvalue weighted by atomic mass is 35.5. The molecule has 1 aliphatic rings. The lowest BCUT2D eigenvalue weighted by Gasteiger charge is -2.26. The molecule has 1 aromatic carbocycles. The Morgan fingerprint density at radius 1 is 1.15 bits per heavy atom. The molecule has 0 unspecified atom stereocenters. The summed E-state index contributed by atoms with van der Waals surface area (Å²) in [4.78, 5) is 2.45. The average molecular weight is 339 g/mol. The highest BCUT2D eigenvalue weighted by Gasteiger charge is 2.08. The van der Waals surface area contributed by atoms with Crippen LogP contribution in [0.25, 0.3) is 0 Å². The number of nitrogens with zero attached hydrogens (tertiary/aromatic N) is 1. The van der Waals surface area contributed by atoms with Crippen molar-refractivity contribution in [3.8, 4) is 0 Å². The lowest BCUT2D eigenvalue weighted by molar-refractivity contribution is -0.00000528. The van der Waals surface area contributed by atoms with Gasteiger partial charge in [-0.25, -0.2) is 0 Å². The lowest BCUT2D eigenvalue weighted by Crippen LogP contribution is -3.00. The Morgan fingerprint density at radius 2 is 1.90 bits per heavy atom. The minimum absolute atomic E-state index is 0. The zero-order chi connectivity index (χ0) is 13.5. The summed E-state index contributed by atoms with van der Waals surface area (Å²) in [6.07, 6.45) is 1.15. The molecule has 1 aromatic rings. The summed E-state index contributed by atoms with van der Waals surface area (Å²) in [5, 5.41) is 4.66. The molecule has 114 valence electrons. The largest absolute Gasteiger partial charge is 1.00 e. The van der Waals surface area contributed by atoms with Crippen molar-refractivity contribution in [1.82, 2.24) is 10.2 Å². The molecule has 0 aromatic heterocycles. The van der Waals surface area contributed by atoms with Gasteiger partial charge < -0.3 is 22.5 Å². The number of morpholine rings is 1. The van der Waals surface area contributed by atoms with E-state index in [9.17, 15) is 0 Å². The summed E-state index contributed by atoms with van der Waals surface area (Å²) < 4.78 is 5.33. The smallest absolute Gasteiger partial charge is 0.0595 e. The Bertz CT molecular complexity index is 398. The zero-order valence-corrected chi connectivity index (χ0v) is 13.6. The van der Waals surface area contributed by atoms with Crippen molar-refractivity contribution < 1.29 is 17.1 Å². The van der Waals surface area contributed by atoms with E-state index in [1.807, 2.05) is 18.2 Å². The third kappa shape index (κ3) is 6.17. The van der Waals surface area contributed by atoms with Crippen molar-refractivity contribution >= 4 is 23.2 Å². The van der Waals surface area contributed by atoms with Gasteiger partial charge in [-0.05, 0) is 37.2 Å². The summed E-state index contributed by atoms with van der Waals surface area (Å²) in [5.41, 5.74) is 1.17. The first-order valence-corrected chi connectivity index (χ1v) is 7.46. The second kappa shape index (κ2) is 9.82. The van der Waals surface area contributed by atoms with E-state index in [0.29, 0.717) is 10.0 Å². The summed E-state index contributed by atoms with van der Waals surface area (Å²) in [6, 6.07) is 5.76. The summed E-state index contributed by atoms with van der Waals surface area (Å²) >= 11 is 11.9. The molecule has 0 atom stereocenters. The van der Waals surface area contributed by atoms with Crippen molar-refractivity contribution in [2.24, 2.45) is 0 Å². The van der Waals surface area contributed by atoms with Crippen LogP contribution in [0.1, 0.15) is 12.0 Å². The second-order valence-corrected chi connectivity index (χ2v) is 5.55. The first-order valence-electron chi connectivity index (χ1n) is 6.70. The molecule has 1 saturated heterocycles. The van der Waals surface area contributed by atoms with Crippen molar-refractivity contribution in [3.05, 3.63) is 33.8 Å². The number of hydrogen-bond donors (Lipinski definition) is 1. The van der Waals surface area contributed by atoms with Gasteiger partial charge in [-0.2, -0.15) is 0 Å². The van der Waals surface area contributed by atoms with Gasteiger partial charge in [0.25, 0.3) is 0 Å². The molecule has 0 bridgehead atoms. The Balaban J connectivity index is 0.00000200. The van der Waals surface area contributed by atoms with E-state index in [4.69, 9.17) is 27.9 Å². The van der Waals surface area contributed by atoms with E-state index in [1.54, 1.807) is 0 Å². The van der Waals surface area contributed by atoms with Crippen LogP contribution in [0.3, 0.4) is 0 Å². The van der Waals surface area contributed by atoms with Gasteiger partial charge in [0.2, 0.25) is 0 Å². The number of hydrogen-bond acceptors (Lipinski definition) is 3. The molecule has 0 amide bonds. The molecule has 1 aliphatic heterocycles. The molecule has 2 rings (SSSR count). The van der Waals surface area contributed by atoms with Crippen LogP contribution in [0.5, 0.6) is 0 Å². The van der Waals surface area contributed by atoms with Crippen LogP contribution in [0.15, 0.2) is 18.2 Å². The van der Waals surface area contributed by atoms with Gasteiger partial charge in [-0.15, -0.1) is 0 Å². The highest BCUT2D eigenvalue weighted by molar-refractivity contribution is 6.42. The maximum absolute atomic E-state index is 5.98. The second-order valence-electron chi connectivity index (χ2n) is 4.73. The predicted octanol–water partition coefficient (Wildman–Crippen LogP) is -0.191. The van der Waals surface area contributed by atoms with Crippen LogP contribution < -0.4 is 17.7 Å². The minimum atomic E-state index is 0. The van der Waals surface area contributed by atoms with Crippen molar-refractivity contribution in [2.45, 2.75) is 13.0 Å². The van der Waals surface area contributed by atoms with Gasteiger partial charge in [0.05, 0.1) is 23.3 Å². The van der Waals surface area contributed by atoms with E-state index >= 15 is 0 Å². The van der Waals surface area contributed by atoms with E-state index in [-0.39, 0.29) is 12.4 Å². The molecule has 0 spiro atoms. The van der Waals surface area contributed by atoms with Crippen molar-refractivity contribution in [3.63, 3.8) is 0 Å². The van der Waals surface area contributed by atoms with E-state index in [1.165, 1.54) is 5.56 Å². The first kappa shape index (κ1) is 18.0. The number of rotatable bonds is 6. The third-order valence-electron chi connectivity index (χ3n) is 3.24. The van der Waals surface area contributed by atoms with Gasteiger partial charge in [0.15, 0.2) is 0 Å². The van der Waals surface area contributed by atoms with Gasteiger partial charge in [0.1, 0.15) is 0 Å². The molecule has 0 aliphatic carbocycles. The molecule has 20 heavy (non-hydrogen) atoms. The molecule has 1 heterocycles. The van der Waals surface area contributed by atoms with Gasteiger partial charge in [0, 0.05) is 19.6 Å². The zero-order valence-electron chi connectivity index (χ0n) is 11.4. The first-order chi connectivity index (χ1) is 9.25. The normalized spacial score (nSPS) is 15.9. The molecule has 6 heteroatoms. The topological polar surface area (TPSA) is 24.5 Å². The van der Waals surface area contributed by atoms with Crippen molar-refractivity contribution in [2.75, 3.05) is 39.4 Å². The maximum atomic E-state index is 5.98. The molecular weight excluding hydrogens is 319 g/mol. The van der Waals surface area contributed by atoms with E-state index in [2.05, 4.69) is 10.2 Å². The van der Waals surface area contributed by atoms with Gasteiger partial charge in [-0.1, -0.05) is 29.3 Å². The highest BCUT2D eigenvalue weighted by Crippen LogP contribution is 2.22. The molecule has 1 N–H and O–H groups in total. The minimum Gasteiger partial charge on any atom is -1.00 e. The number of ether oxygens (including phenoxy) is 1. The Hall–Kier alpha value is -0.0300.